The van der Waals surface area contributed by atoms with E-state index in [1.165, 1.54) is 6.33 Å². The summed E-state index contributed by atoms with van der Waals surface area (Å²) in [5.74, 6) is 0.668. The molecule has 4 rings (SSSR count). The summed E-state index contributed by atoms with van der Waals surface area (Å²) >= 11 is 0. The Morgan fingerprint density at radius 3 is 2.69 bits per heavy atom. The number of carbonyl (C=O) groups excluding carboxylic acids is 1. The summed E-state index contributed by atoms with van der Waals surface area (Å²) in [7, 11) is -3.31. The largest absolute Gasteiger partial charge is 0.340 e. The van der Waals surface area contributed by atoms with Crippen LogP contribution in [0, 0.1) is 0 Å². The van der Waals surface area contributed by atoms with Crippen LogP contribution in [0.1, 0.15) is 30.6 Å². The molecule has 0 saturated heterocycles. The molecular formula is C21H20N4O3S. The third-order valence-electron chi connectivity index (χ3n) is 4.87. The number of anilines is 2. The van der Waals surface area contributed by atoms with Crippen LogP contribution in [0.15, 0.2) is 53.7 Å². The Bertz CT molecular complexity index is 1340. The Hall–Kier alpha value is -3.26. The van der Waals surface area contributed by atoms with Crippen LogP contribution >= 0.6 is 0 Å². The van der Waals surface area contributed by atoms with Gasteiger partial charge in [0.15, 0.2) is 15.6 Å². The Balaban J connectivity index is 1.81. The Morgan fingerprint density at radius 2 is 1.93 bits per heavy atom. The molecule has 2 heterocycles. The fourth-order valence-corrected chi connectivity index (χ4v) is 4.20. The van der Waals surface area contributed by atoms with Gasteiger partial charge in [0.05, 0.1) is 16.0 Å². The van der Waals surface area contributed by atoms with E-state index in [9.17, 15) is 13.2 Å². The van der Waals surface area contributed by atoms with Crippen molar-refractivity contribution in [1.82, 2.24) is 15.0 Å². The number of hydrogen-bond acceptors (Lipinski definition) is 6. The number of rotatable bonds is 6. The number of aromatic amines is 1. The van der Waals surface area contributed by atoms with E-state index in [1.807, 2.05) is 19.1 Å². The minimum atomic E-state index is -3.31. The molecule has 0 unspecified atom stereocenters. The quantitative estimate of drug-likeness (QED) is 0.462. The van der Waals surface area contributed by atoms with Crippen molar-refractivity contribution < 1.29 is 13.2 Å². The Labute approximate surface area is 168 Å². The van der Waals surface area contributed by atoms with E-state index in [1.54, 1.807) is 37.3 Å². The molecule has 0 amide bonds. The molecule has 0 atom stereocenters. The van der Waals surface area contributed by atoms with Crippen LogP contribution in [0.2, 0.25) is 0 Å². The summed E-state index contributed by atoms with van der Waals surface area (Å²) in [6, 6.07) is 12.2. The average Bonchev–Trinajstić information content (AvgIpc) is 3.12. The molecule has 2 aromatic heterocycles. The highest BCUT2D eigenvalue weighted by Crippen LogP contribution is 2.31. The molecule has 2 N–H and O–H groups in total. The van der Waals surface area contributed by atoms with Gasteiger partial charge in [0.1, 0.15) is 17.8 Å². The number of benzene rings is 2. The van der Waals surface area contributed by atoms with Crippen LogP contribution in [-0.2, 0) is 9.84 Å². The van der Waals surface area contributed by atoms with E-state index in [2.05, 4.69) is 20.3 Å². The van der Waals surface area contributed by atoms with Gasteiger partial charge in [-0.1, -0.05) is 32.0 Å². The number of aromatic nitrogens is 3. The maximum absolute atomic E-state index is 12.2. The maximum Gasteiger partial charge on any atom is 0.178 e. The van der Waals surface area contributed by atoms with Gasteiger partial charge in [0.25, 0.3) is 0 Å². The predicted octanol–water partition coefficient (Wildman–Crippen LogP) is 4.24. The van der Waals surface area contributed by atoms with Gasteiger partial charge in [-0.25, -0.2) is 18.4 Å². The molecule has 2 aromatic carbocycles. The summed E-state index contributed by atoms with van der Waals surface area (Å²) in [4.78, 5) is 24.2. The van der Waals surface area contributed by atoms with Crippen LogP contribution in [-0.4, -0.2) is 34.9 Å². The predicted molar refractivity (Wildman–Crippen MR) is 113 cm³/mol. The van der Waals surface area contributed by atoms with Crippen LogP contribution < -0.4 is 5.32 Å². The lowest BCUT2D eigenvalue weighted by Gasteiger charge is -2.09. The standard InChI is InChI=1S/C21H20N4O3S/c1-3-18(26)13-8-9-16-17(10-13)25-21-19(16)20(22-12-23-21)24-14-6-5-7-15(11-14)29(27,28)4-2/h5-12H,3-4H2,1-2H3,(H2,22,23,24,25). The van der Waals surface area contributed by atoms with Gasteiger partial charge in [-0.2, -0.15) is 0 Å². The van der Waals surface area contributed by atoms with Gasteiger partial charge in [0.2, 0.25) is 0 Å². The molecule has 0 radical (unpaired) electrons. The summed E-state index contributed by atoms with van der Waals surface area (Å²) < 4.78 is 24.4. The van der Waals surface area contributed by atoms with Gasteiger partial charge in [0, 0.05) is 28.6 Å². The molecule has 0 fully saturated rings. The molecule has 0 saturated carbocycles. The number of sulfone groups is 1. The van der Waals surface area contributed by atoms with Gasteiger partial charge in [-0.15, -0.1) is 0 Å². The molecule has 0 bridgehead atoms. The summed E-state index contributed by atoms with van der Waals surface area (Å²) in [5, 5.41) is 4.87. The monoisotopic (exact) mass is 408 g/mol. The van der Waals surface area contributed by atoms with Crippen molar-refractivity contribution in [1.29, 1.82) is 0 Å². The lowest BCUT2D eigenvalue weighted by Crippen LogP contribution is -2.04. The first-order valence-corrected chi connectivity index (χ1v) is 11.0. The highest BCUT2D eigenvalue weighted by molar-refractivity contribution is 7.91. The number of carbonyl (C=O) groups is 1. The zero-order valence-electron chi connectivity index (χ0n) is 16.1. The normalized spacial score (nSPS) is 11.8. The van der Waals surface area contributed by atoms with Crippen molar-refractivity contribution in [2.45, 2.75) is 25.2 Å². The van der Waals surface area contributed by atoms with Gasteiger partial charge in [-0.3, -0.25) is 4.79 Å². The number of H-pyrrole nitrogens is 1. The van der Waals surface area contributed by atoms with Crippen LogP contribution in [0.4, 0.5) is 11.5 Å². The molecule has 0 aliphatic heterocycles. The zero-order valence-corrected chi connectivity index (χ0v) is 16.9. The summed E-state index contributed by atoms with van der Waals surface area (Å²) in [5.41, 5.74) is 2.69. The van der Waals surface area contributed by atoms with Gasteiger partial charge in [-0.05, 0) is 24.3 Å². The van der Waals surface area contributed by atoms with E-state index in [-0.39, 0.29) is 16.4 Å². The molecule has 148 valence electrons. The highest BCUT2D eigenvalue weighted by atomic mass is 32.2. The van der Waals surface area contributed by atoms with E-state index < -0.39 is 9.84 Å². The second-order valence-electron chi connectivity index (χ2n) is 6.66. The first-order valence-electron chi connectivity index (χ1n) is 9.32. The fourth-order valence-electron chi connectivity index (χ4n) is 3.27. The molecule has 0 aliphatic rings. The first-order chi connectivity index (χ1) is 13.9. The highest BCUT2D eigenvalue weighted by Gasteiger charge is 2.15. The average molecular weight is 408 g/mol. The fraction of sp³-hybridized carbons (Fsp3) is 0.190. The number of ketones is 1. The number of nitrogens with one attached hydrogen (secondary N) is 2. The molecule has 29 heavy (non-hydrogen) atoms. The van der Waals surface area contributed by atoms with Gasteiger partial charge >= 0.3 is 0 Å². The number of nitrogens with zero attached hydrogens (tertiary/aromatic N) is 2. The Kier molecular flexibility index (Phi) is 4.79. The molecule has 8 heteroatoms. The lowest BCUT2D eigenvalue weighted by molar-refractivity contribution is 0.0988. The van der Waals surface area contributed by atoms with Gasteiger partial charge < -0.3 is 10.3 Å². The molecule has 4 aromatic rings. The van der Waals surface area contributed by atoms with Crippen molar-refractivity contribution in [3.63, 3.8) is 0 Å². The summed E-state index contributed by atoms with van der Waals surface area (Å²) in [6.45, 7) is 3.45. The van der Waals surface area contributed by atoms with Crippen LogP contribution in [0.3, 0.4) is 0 Å². The third kappa shape index (κ3) is 3.47. The van der Waals surface area contributed by atoms with Crippen molar-refractivity contribution in [3.8, 4) is 0 Å². The van der Waals surface area contributed by atoms with Crippen molar-refractivity contribution in [3.05, 3.63) is 54.4 Å². The molecule has 0 spiro atoms. The lowest BCUT2D eigenvalue weighted by atomic mass is 10.1. The van der Waals surface area contributed by atoms with Crippen LogP contribution in [0.25, 0.3) is 21.9 Å². The number of fused-ring (bicyclic) bond motifs is 3. The summed E-state index contributed by atoms with van der Waals surface area (Å²) in [6.07, 6.45) is 1.88. The second kappa shape index (κ2) is 7.29. The second-order valence-corrected chi connectivity index (χ2v) is 8.94. The molecular weight excluding hydrogens is 388 g/mol. The topological polar surface area (TPSA) is 105 Å². The number of hydrogen-bond donors (Lipinski definition) is 2. The number of Topliss-reactive ketones (excluding diaryl/α,β-unsaturated/α-hetero) is 1. The first kappa shape index (κ1) is 19.1. The SMILES string of the molecule is CCC(=O)c1ccc2c(c1)[nH]c1ncnc(Nc3cccc(S(=O)(=O)CC)c3)c12. The minimum absolute atomic E-state index is 0.0372. The van der Waals surface area contributed by atoms with Crippen LogP contribution in [0.5, 0.6) is 0 Å². The van der Waals surface area contributed by atoms with E-state index >= 15 is 0 Å². The molecule has 0 aliphatic carbocycles. The van der Waals surface area contributed by atoms with Crippen molar-refractivity contribution in [2.75, 3.05) is 11.1 Å². The van der Waals surface area contributed by atoms with E-state index in [4.69, 9.17) is 0 Å². The van der Waals surface area contributed by atoms with Crippen molar-refractivity contribution in [2.24, 2.45) is 0 Å². The third-order valence-corrected chi connectivity index (χ3v) is 6.60. The van der Waals surface area contributed by atoms with E-state index in [0.717, 1.165) is 16.3 Å². The smallest absolute Gasteiger partial charge is 0.178 e. The minimum Gasteiger partial charge on any atom is -0.340 e. The molecule has 7 nitrogen and oxygen atoms in total. The Morgan fingerprint density at radius 1 is 1.10 bits per heavy atom. The zero-order chi connectivity index (χ0) is 20.6. The van der Waals surface area contributed by atoms with Crippen molar-refractivity contribution >= 4 is 49.1 Å². The maximum atomic E-state index is 12.2. The van der Waals surface area contributed by atoms with E-state index in [0.29, 0.717) is 29.1 Å².